The number of rotatable bonds is 8. The van der Waals surface area contributed by atoms with Crippen LogP contribution in [0.25, 0.3) is 0 Å². The highest BCUT2D eigenvalue weighted by molar-refractivity contribution is 5.25. The van der Waals surface area contributed by atoms with Crippen LogP contribution >= 0.6 is 0 Å². The lowest BCUT2D eigenvalue weighted by atomic mass is 10.1. The Kier molecular flexibility index (Phi) is 6.38. The average Bonchev–Trinajstić information content (AvgIpc) is 2.43. The maximum Gasteiger partial charge on any atom is 0.240 e. The summed E-state index contributed by atoms with van der Waals surface area (Å²) in [5.41, 5.74) is 3.49. The van der Waals surface area contributed by atoms with E-state index >= 15 is 0 Å². The molecule has 0 aromatic carbocycles. The van der Waals surface area contributed by atoms with E-state index < -0.39 is 0 Å². The summed E-state index contributed by atoms with van der Waals surface area (Å²) in [4.78, 5) is 8.52. The van der Waals surface area contributed by atoms with Crippen LogP contribution < -0.4 is 20.7 Å². The van der Waals surface area contributed by atoms with E-state index in [1.54, 1.807) is 20.4 Å². The van der Waals surface area contributed by atoms with Crippen molar-refractivity contribution in [1.82, 2.24) is 15.4 Å². The second kappa shape index (κ2) is 7.84. The van der Waals surface area contributed by atoms with E-state index in [9.17, 15) is 0 Å². The first kappa shape index (κ1) is 14.7. The Bertz CT molecular complexity index is 360. The molecule has 0 radical (unpaired) electrons. The molecule has 0 spiro atoms. The molecular weight excluding hydrogens is 232 g/mol. The second-order valence-corrected chi connectivity index (χ2v) is 4.02. The smallest absolute Gasteiger partial charge is 0.240 e. The average molecular weight is 254 g/mol. The number of hydrogen-bond donors (Lipinski definition) is 2. The van der Waals surface area contributed by atoms with Crippen molar-refractivity contribution in [2.45, 2.75) is 38.6 Å². The van der Waals surface area contributed by atoms with Gasteiger partial charge in [0.2, 0.25) is 11.8 Å². The minimum Gasteiger partial charge on any atom is -0.480 e. The first-order valence-electron chi connectivity index (χ1n) is 6.17. The number of methoxy groups -OCH3 is 2. The molecule has 0 aliphatic heterocycles. The number of nitrogens with two attached hydrogens (primary N) is 1. The van der Waals surface area contributed by atoms with Crippen LogP contribution in [0.1, 0.15) is 44.3 Å². The quantitative estimate of drug-likeness (QED) is 0.416. The van der Waals surface area contributed by atoms with Crippen molar-refractivity contribution in [2.75, 3.05) is 14.2 Å². The molecule has 1 aromatic rings. The summed E-state index contributed by atoms with van der Waals surface area (Å²) in [7, 11) is 3.11. The molecule has 0 bridgehead atoms. The van der Waals surface area contributed by atoms with Crippen LogP contribution in [0.2, 0.25) is 0 Å². The van der Waals surface area contributed by atoms with Crippen molar-refractivity contribution in [3.8, 4) is 11.8 Å². The summed E-state index contributed by atoms with van der Waals surface area (Å²) in [5, 5.41) is 0. The van der Waals surface area contributed by atoms with Crippen LogP contribution in [-0.2, 0) is 0 Å². The number of hydrazine groups is 1. The van der Waals surface area contributed by atoms with Crippen LogP contribution in [0.5, 0.6) is 11.8 Å². The molecule has 1 heterocycles. The Hall–Kier alpha value is -1.40. The predicted octanol–water partition coefficient (Wildman–Crippen LogP) is 1.58. The molecular formula is C12H22N4O2. The summed E-state index contributed by atoms with van der Waals surface area (Å²) in [5.74, 6) is 6.46. The van der Waals surface area contributed by atoms with E-state index in [0.717, 1.165) is 18.5 Å². The van der Waals surface area contributed by atoms with Crippen molar-refractivity contribution in [3.05, 3.63) is 11.9 Å². The third kappa shape index (κ3) is 3.82. The molecule has 0 saturated heterocycles. The van der Waals surface area contributed by atoms with Crippen molar-refractivity contribution in [2.24, 2.45) is 5.84 Å². The van der Waals surface area contributed by atoms with E-state index in [2.05, 4.69) is 22.3 Å². The third-order valence-corrected chi connectivity index (χ3v) is 2.78. The van der Waals surface area contributed by atoms with Gasteiger partial charge in [-0.05, 0) is 6.42 Å². The molecule has 1 atom stereocenters. The van der Waals surface area contributed by atoms with Crippen LogP contribution in [-0.4, -0.2) is 24.2 Å². The van der Waals surface area contributed by atoms with Gasteiger partial charge in [-0.25, -0.2) is 4.98 Å². The fraction of sp³-hybridized carbons (Fsp3) is 0.667. The van der Waals surface area contributed by atoms with Crippen LogP contribution in [0, 0.1) is 0 Å². The molecule has 0 amide bonds. The highest BCUT2D eigenvalue weighted by Gasteiger charge is 2.18. The van der Waals surface area contributed by atoms with E-state index in [4.69, 9.17) is 15.3 Å². The number of unbranched alkanes of at least 4 members (excludes halogenated alkanes) is 2. The van der Waals surface area contributed by atoms with Crippen molar-refractivity contribution >= 4 is 0 Å². The zero-order chi connectivity index (χ0) is 13.4. The van der Waals surface area contributed by atoms with Gasteiger partial charge in [0.15, 0.2) is 0 Å². The standard InChI is InChI=1S/C12H22N4O2/c1-4-5-6-7-9(16-13)11-12(18-3)15-10(17-2)8-14-11/h8-9,16H,4-7,13H2,1-3H3. The lowest BCUT2D eigenvalue weighted by molar-refractivity contribution is 0.346. The monoisotopic (exact) mass is 254 g/mol. The molecule has 6 nitrogen and oxygen atoms in total. The SMILES string of the molecule is CCCCCC(NN)c1ncc(OC)nc1OC. The van der Waals surface area contributed by atoms with Crippen LogP contribution in [0.4, 0.5) is 0 Å². The molecule has 1 aromatic heterocycles. The van der Waals surface area contributed by atoms with Crippen LogP contribution in [0.3, 0.4) is 0 Å². The van der Waals surface area contributed by atoms with Gasteiger partial charge in [0, 0.05) is 0 Å². The topological polar surface area (TPSA) is 82.3 Å². The molecule has 0 aliphatic carbocycles. The fourth-order valence-corrected chi connectivity index (χ4v) is 1.75. The second-order valence-electron chi connectivity index (χ2n) is 4.02. The summed E-state index contributed by atoms with van der Waals surface area (Å²) in [6.45, 7) is 2.17. The molecule has 1 rings (SSSR count). The zero-order valence-corrected chi connectivity index (χ0v) is 11.3. The van der Waals surface area contributed by atoms with Gasteiger partial charge in [-0.2, -0.15) is 4.98 Å². The van der Waals surface area contributed by atoms with Gasteiger partial charge >= 0.3 is 0 Å². The van der Waals surface area contributed by atoms with Gasteiger partial charge < -0.3 is 9.47 Å². The van der Waals surface area contributed by atoms with E-state index in [1.165, 1.54) is 12.8 Å². The molecule has 102 valence electrons. The Balaban J connectivity index is 2.83. The van der Waals surface area contributed by atoms with Gasteiger partial charge in [-0.3, -0.25) is 11.3 Å². The third-order valence-electron chi connectivity index (χ3n) is 2.78. The lowest BCUT2D eigenvalue weighted by Gasteiger charge is -2.17. The number of aromatic nitrogens is 2. The van der Waals surface area contributed by atoms with Gasteiger partial charge in [0.1, 0.15) is 5.69 Å². The molecule has 18 heavy (non-hydrogen) atoms. The zero-order valence-electron chi connectivity index (χ0n) is 11.3. The van der Waals surface area contributed by atoms with Crippen molar-refractivity contribution in [1.29, 1.82) is 0 Å². The molecule has 3 N–H and O–H groups in total. The maximum atomic E-state index is 5.58. The number of ether oxygens (including phenoxy) is 2. The van der Waals surface area contributed by atoms with E-state index in [-0.39, 0.29) is 6.04 Å². The Labute approximate surface area is 108 Å². The Morgan fingerprint density at radius 1 is 1.33 bits per heavy atom. The number of hydrogen-bond acceptors (Lipinski definition) is 6. The summed E-state index contributed by atoms with van der Waals surface area (Å²) in [6.07, 6.45) is 5.90. The van der Waals surface area contributed by atoms with Gasteiger partial charge in [-0.1, -0.05) is 26.2 Å². The highest BCUT2D eigenvalue weighted by Crippen LogP contribution is 2.26. The normalized spacial score (nSPS) is 12.2. The Morgan fingerprint density at radius 2 is 2.11 bits per heavy atom. The highest BCUT2D eigenvalue weighted by atomic mass is 16.5. The Morgan fingerprint density at radius 3 is 2.67 bits per heavy atom. The van der Waals surface area contributed by atoms with Gasteiger partial charge in [0.25, 0.3) is 0 Å². The van der Waals surface area contributed by atoms with Gasteiger partial charge in [-0.15, -0.1) is 0 Å². The largest absolute Gasteiger partial charge is 0.480 e. The molecule has 0 saturated carbocycles. The van der Waals surface area contributed by atoms with Crippen molar-refractivity contribution in [3.63, 3.8) is 0 Å². The summed E-state index contributed by atoms with van der Waals surface area (Å²) >= 11 is 0. The lowest BCUT2D eigenvalue weighted by Crippen LogP contribution is -2.29. The minimum atomic E-state index is -0.0510. The molecule has 0 fully saturated rings. The maximum absolute atomic E-state index is 5.58. The first-order valence-corrected chi connectivity index (χ1v) is 6.17. The van der Waals surface area contributed by atoms with Crippen molar-refractivity contribution < 1.29 is 9.47 Å². The summed E-state index contributed by atoms with van der Waals surface area (Å²) in [6, 6.07) is -0.0510. The van der Waals surface area contributed by atoms with Gasteiger partial charge in [0.05, 0.1) is 26.5 Å². The fourth-order valence-electron chi connectivity index (χ4n) is 1.75. The van der Waals surface area contributed by atoms with Crippen LogP contribution in [0.15, 0.2) is 6.20 Å². The molecule has 1 unspecified atom stereocenters. The number of nitrogens with one attached hydrogen (secondary N) is 1. The number of nitrogens with zero attached hydrogens (tertiary/aromatic N) is 2. The first-order chi connectivity index (χ1) is 8.76. The van der Waals surface area contributed by atoms with E-state index in [0.29, 0.717) is 11.8 Å². The minimum absolute atomic E-state index is 0.0510. The molecule has 0 aliphatic rings. The summed E-state index contributed by atoms with van der Waals surface area (Å²) < 4.78 is 10.2. The predicted molar refractivity (Wildman–Crippen MR) is 69.3 cm³/mol. The van der Waals surface area contributed by atoms with E-state index in [1.807, 2.05) is 0 Å². The molecule has 6 heteroatoms.